The second kappa shape index (κ2) is 8.14. The number of hydrogen-bond acceptors (Lipinski definition) is 4. The van der Waals surface area contributed by atoms with Crippen LogP contribution in [0.15, 0.2) is 24.3 Å². The van der Waals surface area contributed by atoms with E-state index in [1.807, 2.05) is 0 Å². The van der Waals surface area contributed by atoms with Gasteiger partial charge < -0.3 is 4.90 Å². The maximum absolute atomic E-state index is 12.8. The Bertz CT molecular complexity index is 680. The topological polar surface area (TPSA) is 71.1 Å². The van der Waals surface area contributed by atoms with Crippen molar-refractivity contribution in [3.63, 3.8) is 0 Å². The molecule has 5 heteroatoms. The molecule has 0 aliphatic heterocycles. The Hall–Kier alpha value is -2.37. The van der Waals surface area contributed by atoms with Gasteiger partial charge in [-0.25, -0.2) is 0 Å². The lowest BCUT2D eigenvalue weighted by Crippen LogP contribution is -2.43. The lowest BCUT2D eigenvalue weighted by molar-refractivity contribution is -0.133. The van der Waals surface area contributed by atoms with Gasteiger partial charge in [0.15, 0.2) is 0 Å². The van der Waals surface area contributed by atoms with Gasteiger partial charge in [0.1, 0.15) is 0 Å². The highest BCUT2D eigenvalue weighted by atomic mass is 16.2. The van der Waals surface area contributed by atoms with Crippen LogP contribution >= 0.6 is 0 Å². The fraction of sp³-hybridized carbons (Fsp3) is 0.550. The fourth-order valence-electron chi connectivity index (χ4n) is 3.77. The van der Waals surface area contributed by atoms with Gasteiger partial charge in [0.05, 0.1) is 31.5 Å². The summed E-state index contributed by atoms with van der Waals surface area (Å²) in [4.78, 5) is 16.9. The lowest BCUT2D eigenvalue weighted by Gasteiger charge is -2.31. The Kier molecular flexibility index (Phi) is 5.68. The SMILES string of the molecule is N#CCCN(CCC#N)C(=O)CN(C1CC1)[C@@H]1CCc2ccccc21. The fourth-order valence-corrected chi connectivity index (χ4v) is 3.77. The maximum atomic E-state index is 12.8. The minimum absolute atomic E-state index is 0.0433. The highest BCUT2D eigenvalue weighted by Gasteiger charge is 2.38. The van der Waals surface area contributed by atoms with Gasteiger partial charge in [-0.1, -0.05) is 24.3 Å². The Morgan fingerprint density at radius 2 is 1.76 bits per heavy atom. The third-order valence-corrected chi connectivity index (χ3v) is 5.18. The predicted molar refractivity (Wildman–Crippen MR) is 94.3 cm³/mol. The van der Waals surface area contributed by atoms with Crippen LogP contribution in [-0.2, 0) is 11.2 Å². The van der Waals surface area contributed by atoms with Gasteiger partial charge in [-0.15, -0.1) is 0 Å². The summed E-state index contributed by atoms with van der Waals surface area (Å²) in [5, 5.41) is 17.6. The number of nitrogens with zero attached hydrogens (tertiary/aromatic N) is 4. The summed E-state index contributed by atoms with van der Waals surface area (Å²) >= 11 is 0. The average molecular weight is 336 g/mol. The van der Waals surface area contributed by atoms with Crippen molar-refractivity contribution in [1.82, 2.24) is 9.80 Å². The second-order valence-corrected chi connectivity index (χ2v) is 6.85. The van der Waals surface area contributed by atoms with Crippen molar-refractivity contribution in [3.8, 4) is 12.1 Å². The Balaban J connectivity index is 1.70. The number of carbonyl (C=O) groups is 1. The molecule has 0 saturated heterocycles. The molecule has 1 aromatic carbocycles. The molecule has 130 valence electrons. The van der Waals surface area contributed by atoms with Crippen LogP contribution in [0.4, 0.5) is 0 Å². The van der Waals surface area contributed by atoms with Crippen molar-refractivity contribution in [3.05, 3.63) is 35.4 Å². The van der Waals surface area contributed by atoms with Crippen LogP contribution in [0.25, 0.3) is 0 Å². The number of amides is 1. The Labute approximate surface area is 149 Å². The van der Waals surface area contributed by atoms with E-state index in [0.717, 1.165) is 25.7 Å². The first-order valence-electron chi connectivity index (χ1n) is 9.10. The molecule has 5 nitrogen and oxygen atoms in total. The molecule has 1 atom stereocenters. The molecule has 0 spiro atoms. The summed E-state index contributed by atoms with van der Waals surface area (Å²) in [6, 6.07) is 13.5. The third kappa shape index (κ3) is 4.18. The molecule has 2 aliphatic carbocycles. The van der Waals surface area contributed by atoms with Gasteiger partial charge in [0.2, 0.25) is 5.91 Å². The van der Waals surface area contributed by atoms with Crippen LogP contribution in [-0.4, -0.2) is 41.4 Å². The number of fused-ring (bicyclic) bond motifs is 1. The summed E-state index contributed by atoms with van der Waals surface area (Å²) in [7, 11) is 0. The second-order valence-electron chi connectivity index (χ2n) is 6.85. The molecule has 1 amide bonds. The van der Waals surface area contributed by atoms with Crippen molar-refractivity contribution in [2.75, 3.05) is 19.6 Å². The molecule has 0 aromatic heterocycles. The van der Waals surface area contributed by atoms with Gasteiger partial charge in [0, 0.05) is 25.2 Å². The summed E-state index contributed by atoms with van der Waals surface area (Å²) in [5.74, 6) is 0.0433. The number of carbonyl (C=O) groups excluding carboxylic acids is 1. The van der Waals surface area contributed by atoms with Crippen LogP contribution < -0.4 is 0 Å². The molecule has 0 unspecified atom stereocenters. The van der Waals surface area contributed by atoms with E-state index in [1.54, 1.807) is 4.90 Å². The van der Waals surface area contributed by atoms with Crippen LogP contribution in [0.3, 0.4) is 0 Å². The summed E-state index contributed by atoms with van der Waals surface area (Å²) in [5.41, 5.74) is 2.76. The number of rotatable bonds is 8. The lowest BCUT2D eigenvalue weighted by atomic mass is 10.1. The van der Waals surface area contributed by atoms with Crippen molar-refractivity contribution in [2.45, 2.75) is 50.6 Å². The standard InChI is InChI=1S/C20H24N4O/c21-11-3-13-23(14-4-12-22)20(25)15-24(17-8-9-17)19-10-7-16-5-1-2-6-18(16)19/h1-2,5-6,17,19H,3-4,7-10,13-15H2/t19-/m1/s1. The number of hydrogen-bond donors (Lipinski definition) is 0. The molecule has 2 aliphatic rings. The van der Waals surface area contributed by atoms with Crippen molar-refractivity contribution in [2.24, 2.45) is 0 Å². The molecule has 0 radical (unpaired) electrons. The molecule has 1 fully saturated rings. The molecule has 25 heavy (non-hydrogen) atoms. The van der Waals surface area contributed by atoms with Gasteiger partial charge in [0.25, 0.3) is 0 Å². The van der Waals surface area contributed by atoms with Crippen LogP contribution in [0.5, 0.6) is 0 Å². The molecule has 0 heterocycles. The van der Waals surface area contributed by atoms with E-state index in [2.05, 4.69) is 41.3 Å². The van der Waals surface area contributed by atoms with Crippen molar-refractivity contribution >= 4 is 5.91 Å². The molecule has 0 N–H and O–H groups in total. The zero-order valence-electron chi connectivity index (χ0n) is 14.5. The monoisotopic (exact) mass is 336 g/mol. The van der Waals surface area contributed by atoms with Gasteiger partial charge in [-0.05, 0) is 36.8 Å². The van der Waals surface area contributed by atoms with E-state index >= 15 is 0 Å². The summed E-state index contributed by atoms with van der Waals surface area (Å²) in [6.07, 6.45) is 5.08. The number of benzene rings is 1. The maximum Gasteiger partial charge on any atom is 0.236 e. The number of nitriles is 2. The largest absolute Gasteiger partial charge is 0.340 e. The van der Waals surface area contributed by atoms with Crippen molar-refractivity contribution in [1.29, 1.82) is 10.5 Å². The van der Waals surface area contributed by atoms with Gasteiger partial charge in [-0.3, -0.25) is 9.69 Å². The molecular weight excluding hydrogens is 312 g/mol. The Morgan fingerprint density at radius 3 is 2.40 bits per heavy atom. The van der Waals surface area contributed by atoms with E-state index in [4.69, 9.17) is 10.5 Å². The molecular formula is C20H24N4O. The van der Waals surface area contributed by atoms with Gasteiger partial charge in [-0.2, -0.15) is 10.5 Å². The molecule has 1 saturated carbocycles. The van der Waals surface area contributed by atoms with Gasteiger partial charge >= 0.3 is 0 Å². The van der Waals surface area contributed by atoms with Crippen LogP contribution in [0, 0.1) is 22.7 Å². The number of aryl methyl sites for hydroxylation is 1. The molecule has 0 bridgehead atoms. The third-order valence-electron chi connectivity index (χ3n) is 5.18. The van der Waals surface area contributed by atoms with E-state index < -0.39 is 0 Å². The van der Waals surface area contributed by atoms with Crippen LogP contribution in [0.2, 0.25) is 0 Å². The zero-order chi connectivity index (χ0) is 17.6. The smallest absolute Gasteiger partial charge is 0.236 e. The highest BCUT2D eigenvalue weighted by Crippen LogP contribution is 2.41. The Morgan fingerprint density at radius 1 is 1.08 bits per heavy atom. The first kappa shape index (κ1) is 17.5. The van der Waals surface area contributed by atoms with Crippen molar-refractivity contribution < 1.29 is 4.79 Å². The van der Waals surface area contributed by atoms with Crippen LogP contribution in [0.1, 0.15) is 49.3 Å². The van der Waals surface area contributed by atoms with E-state index in [1.165, 1.54) is 11.1 Å². The predicted octanol–water partition coefficient (Wildman–Crippen LogP) is 2.79. The molecule has 1 aromatic rings. The quantitative estimate of drug-likeness (QED) is 0.732. The summed E-state index contributed by atoms with van der Waals surface area (Å²) in [6.45, 7) is 1.22. The highest BCUT2D eigenvalue weighted by molar-refractivity contribution is 5.78. The first-order valence-corrected chi connectivity index (χ1v) is 9.10. The van der Waals surface area contributed by atoms with E-state index in [9.17, 15) is 4.79 Å². The molecule has 3 rings (SSSR count). The zero-order valence-corrected chi connectivity index (χ0v) is 14.5. The summed E-state index contributed by atoms with van der Waals surface area (Å²) < 4.78 is 0. The normalized spacial score (nSPS) is 18.4. The van der Waals surface area contributed by atoms with E-state index in [-0.39, 0.29) is 5.91 Å². The average Bonchev–Trinajstić information content (AvgIpc) is 3.39. The minimum atomic E-state index is 0.0433. The minimum Gasteiger partial charge on any atom is -0.340 e. The van der Waals surface area contributed by atoms with E-state index in [0.29, 0.717) is 44.6 Å². The first-order chi connectivity index (χ1) is 12.2.